The summed E-state index contributed by atoms with van der Waals surface area (Å²) in [5.74, 6) is -0.142. The molecule has 3 saturated carbocycles. The van der Waals surface area contributed by atoms with E-state index in [0.29, 0.717) is 18.7 Å². The highest BCUT2D eigenvalue weighted by molar-refractivity contribution is 5.94. The zero-order valence-corrected chi connectivity index (χ0v) is 15.1. The van der Waals surface area contributed by atoms with E-state index in [0.717, 1.165) is 35.6 Å². The number of alkyl halides is 2. The number of amides is 1. The van der Waals surface area contributed by atoms with E-state index in [1.165, 1.54) is 0 Å². The number of carbonyl (C=O) groups is 1. The Morgan fingerprint density at radius 3 is 2.71 bits per heavy atom. The maximum atomic E-state index is 12.3. The molecule has 0 aliphatic heterocycles. The van der Waals surface area contributed by atoms with Gasteiger partial charge in [-0.25, -0.2) is 4.98 Å². The molecular formula is C21H19F2N3O2. The lowest BCUT2D eigenvalue weighted by molar-refractivity contribution is -0.191. The van der Waals surface area contributed by atoms with E-state index >= 15 is 0 Å². The molecular weight excluding hydrogens is 364 g/mol. The van der Waals surface area contributed by atoms with Gasteiger partial charge < -0.3 is 10.1 Å². The van der Waals surface area contributed by atoms with Crippen LogP contribution >= 0.6 is 0 Å². The molecule has 1 N–H and O–H groups in total. The van der Waals surface area contributed by atoms with Crippen molar-refractivity contribution >= 4 is 22.5 Å². The van der Waals surface area contributed by atoms with Crippen LogP contribution in [0.15, 0.2) is 30.5 Å². The number of fused-ring (bicyclic) bond motifs is 1. The number of carbonyl (C=O) groups excluding carboxylic acids is 1. The fraction of sp³-hybridized carbons (Fsp3) is 0.476. The van der Waals surface area contributed by atoms with Gasteiger partial charge in [0.1, 0.15) is 5.82 Å². The number of aromatic nitrogens is 1. The number of anilines is 1. The van der Waals surface area contributed by atoms with Crippen molar-refractivity contribution in [3.63, 3.8) is 0 Å². The molecule has 1 unspecified atom stereocenters. The fourth-order valence-corrected chi connectivity index (χ4v) is 4.59. The largest absolute Gasteiger partial charge is 0.345 e. The van der Waals surface area contributed by atoms with Gasteiger partial charge in [-0.3, -0.25) is 4.79 Å². The molecule has 2 aromatic rings. The molecule has 3 aliphatic rings. The van der Waals surface area contributed by atoms with Crippen LogP contribution in [0.1, 0.15) is 37.7 Å². The van der Waals surface area contributed by atoms with Gasteiger partial charge in [0.05, 0.1) is 17.6 Å². The predicted octanol–water partition coefficient (Wildman–Crippen LogP) is 4.14. The Morgan fingerprint density at radius 1 is 1.29 bits per heavy atom. The number of benzene rings is 1. The van der Waals surface area contributed by atoms with E-state index < -0.39 is 12.7 Å². The van der Waals surface area contributed by atoms with Crippen LogP contribution in [0, 0.1) is 22.7 Å². The van der Waals surface area contributed by atoms with Crippen LogP contribution < -0.4 is 5.32 Å². The third kappa shape index (κ3) is 2.67. The summed E-state index contributed by atoms with van der Waals surface area (Å²) in [6.45, 7) is -2.80. The van der Waals surface area contributed by atoms with Crippen molar-refractivity contribution in [1.29, 1.82) is 5.26 Å². The van der Waals surface area contributed by atoms with Gasteiger partial charge in [-0.2, -0.15) is 14.0 Å². The van der Waals surface area contributed by atoms with Crippen molar-refractivity contribution in [2.75, 3.05) is 5.32 Å². The van der Waals surface area contributed by atoms with E-state index in [1.807, 2.05) is 18.2 Å². The lowest BCUT2D eigenvalue weighted by Crippen LogP contribution is -2.40. The summed E-state index contributed by atoms with van der Waals surface area (Å²) in [5, 5.41) is 14.4. The third-order valence-corrected chi connectivity index (χ3v) is 6.66. The van der Waals surface area contributed by atoms with Crippen LogP contribution in [0.5, 0.6) is 0 Å². The summed E-state index contributed by atoms with van der Waals surface area (Å²) in [6.07, 6.45) is 4.89. The summed E-state index contributed by atoms with van der Waals surface area (Å²) in [4.78, 5) is 16.6. The summed E-state index contributed by atoms with van der Waals surface area (Å²) < 4.78 is 28.8. The molecule has 7 heteroatoms. The fourth-order valence-electron chi connectivity index (χ4n) is 4.59. The minimum absolute atomic E-state index is 0.195. The highest BCUT2D eigenvalue weighted by Gasteiger charge is 2.75. The van der Waals surface area contributed by atoms with Gasteiger partial charge in [-0.05, 0) is 60.6 Å². The van der Waals surface area contributed by atoms with Gasteiger partial charge in [-0.1, -0.05) is 12.1 Å². The van der Waals surface area contributed by atoms with Crippen molar-refractivity contribution in [3.8, 4) is 6.07 Å². The molecule has 1 amide bonds. The molecule has 3 fully saturated rings. The van der Waals surface area contributed by atoms with Gasteiger partial charge in [0.15, 0.2) is 0 Å². The minimum Gasteiger partial charge on any atom is -0.320 e. The molecule has 28 heavy (non-hydrogen) atoms. The van der Waals surface area contributed by atoms with Crippen LogP contribution in [0.4, 0.5) is 14.6 Å². The first-order valence-electron chi connectivity index (χ1n) is 9.51. The van der Waals surface area contributed by atoms with Crippen LogP contribution in [0.25, 0.3) is 10.8 Å². The summed E-state index contributed by atoms with van der Waals surface area (Å²) in [5.41, 5.74) is 0.870. The number of nitriles is 1. The quantitative estimate of drug-likeness (QED) is 0.842. The smallest absolute Gasteiger partial charge is 0.320 e. The lowest BCUT2D eigenvalue weighted by Gasteiger charge is -2.33. The van der Waals surface area contributed by atoms with Crippen molar-refractivity contribution in [2.24, 2.45) is 11.3 Å². The van der Waals surface area contributed by atoms with Crippen LogP contribution in [0.3, 0.4) is 0 Å². The Kier molecular flexibility index (Phi) is 3.72. The number of hydrogen-bond acceptors (Lipinski definition) is 4. The molecule has 1 heterocycles. The van der Waals surface area contributed by atoms with E-state index in [4.69, 9.17) is 0 Å². The predicted molar refractivity (Wildman–Crippen MR) is 97.5 cm³/mol. The van der Waals surface area contributed by atoms with Gasteiger partial charge in [0.2, 0.25) is 5.91 Å². The summed E-state index contributed by atoms with van der Waals surface area (Å²) in [7, 11) is 0. The average Bonchev–Trinajstić information content (AvgIpc) is 3.55. The van der Waals surface area contributed by atoms with E-state index in [9.17, 15) is 18.8 Å². The molecule has 1 aromatic carbocycles. The minimum atomic E-state index is -2.80. The van der Waals surface area contributed by atoms with E-state index in [-0.39, 0.29) is 22.7 Å². The number of hydrogen-bond donors (Lipinski definition) is 1. The number of halogens is 2. The molecule has 1 spiro atoms. The second-order valence-electron chi connectivity index (χ2n) is 8.28. The normalized spacial score (nSPS) is 29.4. The topological polar surface area (TPSA) is 75.0 Å². The molecule has 5 nitrogen and oxygen atoms in total. The van der Waals surface area contributed by atoms with Crippen molar-refractivity contribution in [1.82, 2.24) is 4.98 Å². The zero-order chi connectivity index (χ0) is 19.5. The van der Waals surface area contributed by atoms with Gasteiger partial charge >= 0.3 is 6.61 Å². The second-order valence-corrected chi connectivity index (χ2v) is 8.28. The van der Waals surface area contributed by atoms with Crippen LogP contribution in [-0.4, -0.2) is 23.6 Å². The molecule has 0 saturated heterocycles. The van der Waals surface area contributed by atoms with Gasteiger partial charge in [0.25, 0.3) is 0 Å². The number of pyridine rings is 1. The average molecular weight is 383 g/mol. The van der Waals surface area contributed by atoms with Gasteiger partial charge in [0, 0.05) is 17.5 Å². The second kappa shape index (κ2) is 5.95. The first-order valence-corrected chi connectivity index (χ1v) is 9.51. The highest BCUT2D eigenvalue weighted by Crippen LogP contribution is 2.78. The first-order chi connectivity index (χ1) is 13.4. The third-order valence-electron chi connectivity index (χ3n) is 6.66. The molecule has 1 aromatic heterocycles. The Labute approximate surface area is 160 Å². The number of nitrogens with one attached hydrogen (secondary N) is 1. The lowest BCUT2D eigenvalue weighted by atomic mass is 9.81. The molecule has 144 valence electrons. The Hall–Kier alpha value is -2.59. The van der Waals surface area contributed by atoms with Crippen molar-refractivity contribution < 1.29 is 18.3 Å². The Morgan fingerprint density at radius 2 is 2.07 bits per heavy atom. The van der Waals surface area contributed by atoms with Crippen molar-refractivity contribution in [3.05, 3.63) is 36.0 Å². The molecule has 0 bridgehead atoms. The van der Waals surface area contributed by atoms with Crippen LogP contribution in [0.2, 0.25) is 0 Å². The summed E-state index contributed by atoms with van der Waals surface area (Å²) >= 11 is 0. The van der Waals surface area contributed by atoms with Crippen LogP contribution in [-0.2, 0) is 14.9 Å². The molecule has 0 radical (unpaired) electrons. The van der Waals surface area contributed by atoms with E-state index in [1.54, 1.807) is 12.3 Å². The maximum Gasteiger partial charge on any atom is 0.345 e. The maximum absolute atomic E-state index is 12.3. The number of nitrogens with zero attached hydrogens (tertiary/aromatic N) is 2. The monoisotopic (exact) mass is 383 g/mol. The highest BCUT2D eigenvalue weighted by atomic mass is 19.3. The van der Waals surface area contributed by atoms with E-state index in [2.05, 4.69) is 21.1 Å². The first kappa shape index (κ1) is 17.5. The van der Waals surface area contributed by atoms with Crippen molar-refractivity contribution in [2.45, 2.75) is 50.2 Å². The Balaban J connectivity index is 1.31. The number of rotatable bonds is 5. The zero-order valence-electron chi connectivity index (χ0n) is 15.1. The molecule has 5 rings (SSSR count). The SMILES string of the molecule is N#CC1(c2ccc3cnc(NC(=O)C4CC(OC(F)F)C4)cc3c2)CC12CC2. The standard InChI is InChI=1S/C21H19F2N3O2/c22-19(23)28-16-6-14(7-16)18(27)26-17-8-13-5-15(2-1-12(13)9-25-17)21(11-24)10-20(21)3-4-20/h1-2,5,8-9,14,16,19H,3-4,6-7,10H2,(H,25,26,27). The number of ether oxygens (including phenoxy) is 1. The molecule has 1 atom stereocenters. The Bertz CT molecular complexity index is 1010. The molecule has 3 aliphatic carbocycles. The van der Waals surface area contributed by atoms with Gasteiger partial charge in [-0.15, -0.1) is 0 Å². The summed E-state index contributed by atoms with van der Waals surface area (Å²) in [6, 6.07) is 10.3.